The Morgan fingerprint density at radius 1 is 1.07 bits per heavy atom. The standard InChI is InChI=1S/C24H29N3O2/c1-2-3-4-7-18-10-12-19(13-11-18)20-14-16-21(17-15-20)24(28)26-22-8-5-6-9-23(22)27(29)25-26/h5-6,8-9,14-19H,2-4,7,10-13H2,1H3. The summed E-state index contributed by atoms with van der Waals surface area (Å²) in [5.74, 6) is 1.21. The number of carbonyl (C=O) groups is 1. The van der Waals surface area contributed by atoms with Crippen LogP contribution in [0.2, 0.25) is 0 Å². The number of aromatic nitrogens is 3. The third-order valence-corrected chi connectivity index (χ3v) is 6.37. The molecule has 152 valence electrons. The summed E-state index contributed by atoms with van der Waals surface area (Å²) in [7, 11) is 0. The smallest absolute Gasteiger partial charge is 0.366 e. The lowest BCUT2D eigenvalue weighted by atomic mass is 9.77. The van der Waals surface area contributed by atoms with Crippen molar-refractivity contribution in [2.24, 2.45) is 5.92 Å². The number of hydrogen-bond donors (Lipinski definition) is 0. The topological polar surface area (TPSA) is 61.8 Å². The van der Waals surface area contributed by atoms with Crippen molar-refractivity contribution >= 4 is 16.9 Å². The Kier molecular flexibility index (Phi) is 5.93. The van der Waals surface area contributed by atoms with Crippen molar-refractivity contribution in [2.75, 3.05) is 0 Å². The van der Waals surface area contributed by atoms with Crippen molar-refractivity contribution in [2.45, 2.75) is 64.2 Å². The highest BCUT2D eigenvalue weighted by molar-refractivity contribution is 5.99. The molecule has 1 saturated carbocycles. The summed E-state index contributed by atoms with van der Waals surface area (Å²) in [5.41, 5.74) is 2.79. The van der Waals surface area contributed by atoms with Gasteiger partial charge in [0.15, 0.2) is 0 Å². The summed E-state index contributed by atoms with van der Waals surface area (Å²) in [6.07, 6.45) is 10.5. The molecule has 0 unspecified atom stereocenters. The zero-order chi connectivity index (χ0) is 20.2. The minimum atomic E-state index is -0.276. The highest BCUT2D eigenvalue weighted by Crippen LogP contribution is 2.37. The Bertz CT molecular complexity index is 969. The maximum absolute atomic E-state index is 12.9. The highest BCUT2D eigenvalue weighted by Gasteiger charge is 2.25. The van der Waals surface area contributed by atoms with Gasteiger partial charge in [0.05, 0.1) is 5.56 Å². The first-order valence-electron chi connectivity index (χ1n) is 10.9. The molecular formula is C24H29N3O2. The molecule has 2 aromatic carbocycles. The van der Waals surface area contributed by atoms with Crippen molar-refractivity contribution in [3.05, 3.63) is 64.9 Å². The van der Waals surface area contributed by atoms with Crippen LogP contribution in [0.4, 0.5) is 0 Å². The minimum absolute atomic E-state index is 0.276. The molecule has 5 nitrogen and oxygen atoms in total. The zero-order valence-electron chi connectivity index (χ0n) is 17.1. The SMILES string of the molecule is CCCCCC1CCC(c2ccc(C(=O)n3n[n+]([O-])c4ccccc43)cc2)CC1. The molecule has 0 spiro atoms. The monoisotopic (exact) mass is 391 g/mol. The molecule has 0 N–H and O–H groups in total. The van der Waals surface area contributed by atoms with Gasteiger partial charge in [0.1, 0.15) is 5.21 Å². The lowest BCUT2D eigenvalue weighted by Crippen LogP contribution is -2.31. The third kappa shape index (κ3) is 4.19. The Morgan fingerprint density at radius 3 is 2.52 bits per heavy atom. The van der Waals surface area contributed by atoms with Crippen molar-refractivity contribution < 1.29 is 9.64 Å². The Hall–Kier alpha value is -2.69. The second-order valence-corrected chi connectivity index (χ2v) is 8.30. The van der Waals surface area contributed by atoms with E-state index in [1.165, 1.54) is 61.6 Å². The van der Waals surface area contributed by atoms with Gasteiger partial charge in [0.25, 0.3) is 0 Å². The molecule has 0 aliphatic heterocycles. The van der Waals surface area contributed by atoms with Gasteiger partial charge in [-0.1, -0.05) is 61.6 Å². The molecule has 1 aliphatic carbocycles. The van der Waals surface area contributed by atoms with Gasteiger partial charge in [-0.25, -0.2) is 4.79 Å². The van der Waals surface area contributed by atoms with E-state index in [9.17, 15) is 10.0 Å². The fraction of sp³-hybridized carbons (Fsp3) is 0.458. The number of nitrogens with zero attached hydrogens (tertiary/aromatic N) is 3. The zero-order valence-corrected chi connectivity index (χ0v) is 17.1. The summed E-state index contributed by atoms with van der Waals surface area (Å²) in [6.45, 7) is 2.26. The van der Waals surface area contributed by atoms with E-state index < -0.39 is 0 Å². The quantitative estimate of drug-likeness (QED) is 0.329. The van der Waals surface area contributed by atoms with E-state index in [1.54, 1.807) is 24.3 Å². The van der Waals surface area contributed by atoms with Crippen molar-refractivity contribution in [1.82, 2.24) is 9.90 Å². The number of unbranched alkanes of at least 4 members (excludes halogenated alkanes) is 2. The van der Waals surface area contributed by atoms with E-state index in [1.807, 2.05) is 12.1 Å². The van der Waals surface area contributed by atoms with Crippen LogP contribution in [0.5, 0.6) is 0 Å². The molecule has 4 rings (SSSR count). The number of para-hydroxylation sites is 2. The fourth-order valence-electron chi connectivity index (χ4n) is 4.62. The first-order valence-corrected chi connectivity index (χ1v) is 10.9. The molecule has 0 amide bonds. The Labute approximate surface area is 171 Å². The molecule has 3 aromatic rings. The first kappa shape index (κ1) is 19.6. The summed E-state index contributed by atoms with van der Waals surface area (Å²) in [6, 6.07) is 14.9. The van der Waals surface area contributed by atoms with E-state index in [0.29, 0.717) is 27.4 Å². The van der Waals surface area contributed by atoms with Crippen LogP contribution in [0.25, 0.3) is 11.0 Å². The molecule has 1 aromatic heterocycles. The summed E-state index contributed by atoms with van der Waals surface area (Å²) in [5, 5.41) is 15.8. The summed E-state index contributed by atoms with van der Waals surface area (Å²) in [4.78, 5) is 13.4. The van der Waals surface area contributed by atoms with Gasteiger partial charge in [0, 0.05) is 0 Å². The molecular weight excluding hydrogens is 362 g/mol. The van der Waals surface area contributed by atoms with E-state index in [2.05, 4.69) is 24.3 Å². The second kappa shape index (κ2) is 8.76. The molecule has 5 heteroatoms. The highest BCUT2D eigenvalue weighted by atomic mass is 16.5. The lowest BCUT2D eigenvalue weighted by Gasteiger charge is -2.29. The summed E-state index contributed by atoms with van der Waals surface area (Å²) >= 11 is 0. The number of carbonyl (C=O) groups excluding carboxylic acids is 1. The van der Waals surface area contributed by atoms with Crippen LogP contribution in [-0.2, 0) is 0 Å². The fourth-order valence-corrected chi connectivity index (χ4v) is 4.62. The van der Waals surface area contributed by atoms with Crippen LogP contribution in [-0.4, -0.2) is 15.8 Å². The van der Waals surface area contributed by atoms with E-state index in [0.717, 1.165) is 5.92 Å². The molecule has 0 saturated heterocycles. The maximum Gasteiger partial charge on any atom is 0.366 e. The summed E-state index contributed by atoms with van der Waals surface area (Å²) < 4.78 is 1.19. The normalized spacial score (nSPS) is 19.5. The average molecular weight is 392 g/mol. The van der Waals surface area contributed by atoms with Gasteiger partial charge in [-0.05, 0) is 67.3 Å². The molecule has 0 radical (unpaired) electrons. The van der Waals surface area contributed by atoms with Crippen molar-refractivity contribution in [1.29, 1.82) is 0 Å². The van der Waals surface area contributed by atoms with Gasteiger partial charge in [-0.2, -0.15) is 0 Å². The molecule has 29 heavy (non-hydrogen) atoms. The van der Waals surface area contributed by atoms with Crippen LogP contribution < -0.4 is 4.85 Å². The number of hydrogen-bond acceptors (Lipinski definition) is 3. The van der Waals surface area contributed by atoms with Gasteiger partial charge < -0.3 is 5.21 Å². The lowest BCUT2D eigenvalue weighted by molar-refractivity contribution is -0.645. The molecule has 1 aliphatic rings. The van der Waals surface area contributed by atoms with Gasteiger partial charge in [-0.3, -0.25) is 0 Å². The number of benzene rings is 2. The minimum Gasteiger partial charge on any atom is -0.691 e. The molecule has 1 fully saturated rings. The third-order valence-electron chi connectivity index (χ3n) is 6.37. The van der Waals surface area contributed by atoms with E-state index >= 15 is 0 Å². The van der Waals surface area contributed by atoms with Gasteiger partial charge >= 0.3 is 5.91 Å². The van der Waals surface area contributed by atoms with E-state index in [4.69, 9.17) is 0 Å². The predicted molar refractivity (Wildman–Crippen MR) is 114 cm³/mol. The molecule has 1 heterocycles. The second-order valence-electron chi connectivity index (χ2n) is 8.30. The van der Waals surface area contributed by atoms with Crippen LogP contribution in [0.1, 0.15) is 80.1 Å². The van der Waals surface area contributed by atoms with Gasteiger partial charge in [-0.15, -0.1) is 4.85 Å². The molecule has 0 atom stereocenters. The van der Waals surface area contributed by atoms with Crippen LogP contribution in [0.3, 0.4) is 0 Å². The van der Waals surface area contributed by atoms with Crippen molar-refractivity contribution in [3.63, 3.8) is 0 Å². The van der Waals surface area contributed by atoms with Crippen LogP contribution in [0.15, 0.2) is 48.5 Å². The maximum atomic E-state index is 12.9. The Balaban J connectivity index is 1.42. The van der Waals surface area contributed by atoms with Crippen molar-refractivity contribution in [3.8, 4) is 0 Å². The molecule has 0 bridgehead atoms. The number of rotatable bonds is 6. The largest absolute Gasteiger partial charge is 0.691 e. The first-order chi connectivity index (χ1) is 14.2. The number of fused-ring (bicyclic) bond motifs is 1. The van der Waals surface area contributed by atoms with Crippen LogP contribution >= 0.6 is 0 Å². The van der Waals surface area contributed by atoms with Crippen LogP contribution in [0, 0.1) is 11.1 Å². The van der Waals surface area contributed by atoms with E-state index in [-0.39, 0.29) is 5.91 Å². The predicted octanol–water partition coefficient (Wildman–Crippen LogP) is 5.21. The van der Waals surface area contributed by atoms with Gasteiger partial charge in [0.2, 0.25) is 11.0 Å². The average Bonchev–Trinajstić information content (AvgIpc) is 3.11. The Morgan fingerprint density at radius 2 is 1.79 bits per heavy atom.